The van der Waals surface area contributed by atoms with Crippen molar-refractivity contribution in [1.82, 2.24) is 14.5 Å². The Morgan fingerprint density at radius 3 is 2.49 bits per heavy atom. The van der Waals surface area contributed by atoms with Gasteiger partial charge in [-0.25, -0.2) is 9.37 Å². The normalized spacial score (nSPS) is 14.5. The lowest BCUT2D eigenvalue weighted by atomic mass is 10.1. The van der Waals surface area contributed by atoms with Gasteiger partial charge in [-0.1, -0.05) is 30.3 Å². The first-order chi connectivity index (χ1) is 19.9. The molecule has 1 atom stereocenters. The van der Waals surface area contributed by atoms with Crippen LogP contribution in [-0.4, -0.2) is 66.3 Å². The van der Waals surface area contributed by atoms with Gasteiger partial charge in [-0.2, -0.15) is 0 Å². The van der Waals surface area contributed by atoms with Crippen LogP contribution >= 0.6 is 0 Å². The summed E-state index contributed by atoms with van der Waals surface area (Å²) in [6.45, 7) is 0.610. The molecule has 10 heteroatoms. The van der Waals surface area contributed by atoms with Crippen LogP contribution in [0.4, 0.5) is 10.3 Å². The molecule has 1 aromatic heterocycles. The highest BCUT2D eigenvalue weighted by Gasteiger charge is 2.26. The number of anilines is 1. The Balaban J connectivity index is 1.44. The van der Waals surface area contributed by atoms with Gasteiger partial charge in [0.15, 0.2) is 11.5 Å². The number of rotatable bonds is 10. The fraction of sp³-hybridized carbons (Fsp3) is 0.258. The van der Waals surface area contributed by atoms with Crippen molar-refractivity contribution in [2.24, 2.45) is 0 Å². The highest BCUT2D eigenvalue weighted by molar-refractivity contribution is 5.99. The number of hydrogen-bond donors (Lipinski definition) is 1. The maximum atomic E-state index is 13.5. The summed E-state index contributed by atoms with van der Waals surface area (Å²) in [4.78, 5) is 32.9. The molecule has 0 radical (unpaired) electrons. The monoisotopic (exact) mass is 558 g/mol. The number of ether oxygens (including phenoxy) is 3. The van der Waals surface area contributed by atoms with Crippen molar-refractivity contribution in [3.8, 4) is 28.4 Å². The van der Waals surface area contributed by atoms with Crippen LogP contribution in [0.5, 0.6) is 11.5 Å². The third-order valence-electron chi connectivity index (χ3n) is 6.83. The summed E-state index contributed by atoms with van der Waals surface area (Å²) >= 11 is 0. The van der Waals surface area contributed by atoms with Crippen molar-refractivity contribution in [3.05, 3.63) is 90.4 Å². The number of amides is 2. The van der Waals surface area contributed by atoms with Gasteiger partial charge in [0.2, 0.25) is 11.9 Å². The van der Waals surface area contributed by atoms with E-state index in [0.29, 0.717) is 29.5 Å². The van der Waals surface area contributed by atoms with Gasteiger partial charge in [0.1, 0.15) is 12.4 Å². The first-order valence-electron chi connectivity index (χ1n) is 13.3. The molecule has 1 aliphatic heterocycles. The van der Waals surface area contributed by atoms with E-state index in [0.717, 1.165) is 18.4 Å². The summed E-state index contributed by atoms with van der Waals surface area (Å²) in [5.74, 6) is 0.0852. The minimum atomic E-state index is -0.443. The summed E-state index contributed by atoms with van der Waals surface area (Å²) in [7, 11) is 3.11. The zero-order chi connectivity index (χ0) is 28.8. The summed E-state index contributed by atoms with van der Waals surface area (Å²) in [6.07, 6.45) is 3.32. The van der Waals surface area contributed by atoms with Crippen LogP contribution in [0.2, 0.25) is 0 Å². The molecule has 1 saturated heterocycles. The van der Waals surface area contributed by atoms with Crippen LogP contribution in [-0.2, 0) is 9.53 Å². The van der Waals surface area contributed by atoms with Crippen molar-refractivity contribution in [2.45, 2.75) is 18.9 Å². The quantitative estimate of drug-likeness (QED) is 0.296. The molecule has 2 amide bonds. The average Bonchev–Trinajstić information content (AvgIpc) is 3.67. The van der Waals surface area contributed by atoms with Crippen molar-refractivity contribution in [1.29, 1.82) is 0 Å². The Labute approximate surface area is 237 Å². The Bertz CT molecular complexity index is 1500. The third-order valence-corrected chi connectivity index (χ3v) is 6.83. The zero-order valence-corrected chi connectivity index (χ0v) is 22.9. The molecule has 0 saturated carbocycles. The first-order valence-corrected chi connectivity index (χ1v) is 13.3. The predicted molar refractivity (Wildman–Crippen MR) is 152 cm³/mol. The third kappa shape index (κ3) is 6.55. The minimum Gasteiger partial charge on any atom is -0.493 e. The number of carbonyl (C=O) groups is 2. The molecule has 1 unspecified atom stereocenters. The van der Waals surface area contributed by atoms with Gasteiger partial charge in [0.05, 0.1) is 31.7 Å². The van der Waals surface area contributed by atoms with Crippen molar-refractivity contribution >= 4 is 17.8 Å². The molecule has 1 N–H and O–H groups in total. The van der Waals surface area contributed by atoms with Crippen LogP contribution in [0.25, 0.3) is 16.9 Å². The van der Waals surface area contributed by atoms with E-state index < -0.39 is 11.7 Å². The number of nitrogens with one attached hydrogen (secondary N) is 1. The molecule has 3 aromatic carbocycles. The van der Waals surface area contributed by atoms with Gasteiger partial charge in [-0.3, -0.25) is 19.5 Å². The smallest absolute Gasteiger partial charge is 0.254 e. The molecule has 2 heterocycles. The van der Waals surface area contributed by atoms with Crippen LogP contribution in [0.3, 0.4) is 0 Å². The lowest BCUT2D eigenvalue weighted by molar-refractivity contribution is -0.117. The van der Waals surface area contributed by atoms with E-state index in [9.17, 15) is 14.0 Å². The lowest BCUT2D eigenvalue weighted by Gasteiger charge is -2.25. The van der Waals surface area contributed by atoms with E-state index in [2.05, 4.69) is 5.32 Å². The maximum Gasteiger partial charge on any atom is 0.254 e. The van der Waals surface area contributed by atoms with Gasteiger partial charge in [0.25, 0.3) is 5.91 Å². The topological polar surface area (TPSA) is 94.9 Å². The number of aromatic nitrogens is 2. The van der Waals surface area contributed by atoms with E-state index in [1.54, 1.807) is 30.9 Å². The maximum absolute atomic E-state index is 13.5. The van der Waals surface area contributed by atoms with Crippen molar-refractivity contribution < 1.29 is 28.2 Å². The minimum absolute atomic E-state index is 0.175. The van der Waals surface area contributed by atoms with Gasteiger partial charge in [-0.05, 0) is 49.2 Å². The number of carbonyl (C=O) groups excluding carboxylic acids is 2. The van der Waals surface area contributed by atoms with E-state index in [-0.39, 0.29) is 36.6 Å². The van der Waals surface area contributed by atoms with Crippen LogP contribution in [0.15, 0.2) is 79.0 Å². The second-order valence-corrected chi connectivity index (χ2v) is 9.60. The fourth-order valence-corrected chi connectivity index (χ4v) is 4.75. The van der Waals surface area contributed by atoms with Gasteiger partial charge >= 0.3 is 0 Å². The number of methoxy groups -OCH3 is 2. The zero-order valence-electron chi connectivity index (χ0n) is 22.9. The number of nitrogens with zero attached hydrogens (tertiary/aromatic N) is 3. The van der Waals surface area contributed by atoms with Gasteiger partial charge in [0, 0.05) is 36.5 Å². The highest BCUT2D eigenvalue weighted by atomic mass is 19.1. The second-order valence-electron chi connectivity index (χ2n) is 9.60. The lowest BCUT2D eigenvalue weighted by Crippen LogP contribution is -2.42. The molecule has 0 aliphatic carbocycles. The highest BCUT2D eigenvalue weighted by Crippen LogP contribution is 2.32. The van der Waals surface area contributed by atoms with E-state index in [4.69, 9.17) is 19.2 Å². The largest absolute Gasteiger partial charge is 0.493 e. The molecule has 4 aromatic rings. The van der Waals surface area contributed by atoms with Crippen LogP contribution in [0, 0.1) is 5.82 Å². The van der Waals surface area contributed by atoms with E-state index >= 15 is 0 Å². The molecular formula is C31H31FN4O5. The molecular weight excluding hydrogens is 527 g/mol. The molecule has 1 fully saturated rings. The van der Waals surface area contributed by atoms with Gasteiger partial charge in [-0.15, -0.1) is 0 Å². The molecule has 0 bridgehead atoms. The number of hydrogen-bond acceptors (Lipinski definition) is 6. The Hall–Kier alpha value is -4.70. The standard InChI is InChI=1S/C31H31FN4O5/c1-39-27-15-14-24(17-28(27)40-2)36-19-26(21-7-4-3-5-8-21)33-31(36)34-29(37)20-35(18-25-9-6-16-41-25)30(38)22-10-12-23(32)13-11-22/h3-5,7-8,10-15,17,19,25H,6,9,16,18,20H2,1-2H3,(H,33,34,37). The molecule has 41 heavy (non-hydrogen) atoms. The van der Waals surface area contributed by atoms with E-state index in [1.807, 2.05) is 42.6 Å². The Morgan fingerprint density at radius 2 is 1.80 bits per heavy atom. The molecule has 212 valence electrons. The van der Waals surface area contributed by atoms with Crippen LogP contribution < -0.4 is 14.8 Å². The Kier molecular flexibility index (Phi) is 8.59. The summed E-state index contributed by atoms with van der Waals surface area (Å²) in [6, 6.07) is 20.2. The average molecular weight is 559 g/mol. The molecule has 9 nitrogen and oxygen atoms in total. The van der Waals surface area contributed by atoms with Crippen LogP contribution in [0.1, 0.15) is 23.2 Å². The SMILES string of the molecule is COc1ccc(-n2cc(-c3ccccc3)nc2NC(=O)CN(CC2CCCO2)C(=O)c2ccc(F)cc2)cc1OC. The fourth-order valence-electron chi connectivity index (χ4n) is 4.75. The first kappa shape index (κ1) is 27.9. The number of benzene rings is 3. The van der Waals surface area contributed by atoms with Crippen molar-refractivity contribution in [2.75, 3.05) is 39.2 Å². The number of imidazole rings is 1. The van der Waals surface area contributed by atoms with Gasteiger partial charge < -0.3 is 19.1 Å². The predicted octanol–water partition coefficient (Wildman–Crippen LogP) is 4.96. The number of halogens is 1. The summed E-state index contributed by atoms with van der Waals surface area (Å²) in [5, 5.41) is 2.88. The summed E-state index contributed by atoms with van der Waals surface area (Å²) in [5.41, 5.74) is 2.49. The Morgan fingerprint density at radius 1 is 1.05 bits per heavy atom. The molecule has 1 aliphatic rings. The molecule has 0 spiro atoms. The van der Waals surface area contributed by atoms with E-state index in [1.165, 1.54) is 29.2 Å². The van der Waals surface area contributed by atoms with Crippen molar-refractivity contribution in [3.63, 3.8) is 0 Å². The molecule has 5 rings (SSSR count). The second kappa shape index (κ2) is 12.6. The summed E-state index contributed by atoms with van der Waals surface area (Å²) < 4.78 is 31.8.